The van der Waals surface area contributed by atoms with Gasteiger partial charge in [-0.15, -0.1) is 0 Å². The molecule has 0 saturated carbocycles. The molecule has 0 unspecified atom stereocenters. The Morgan fingerprint density at radius 1 is 0.976 bits per heavy atom. The number of hydrogen-bond donors (Lipinski definition) is 1. The van der Waals surface area contributed by atoms with Crippen molar-refractivity contribution in [2.75, 3.05) is 11.9 Å². The number of ether oxygens (including phenoxy) is 2. The van der Waals surface area contributed by atoms with Crippen LogP contribution >= 0.6 is 23.2 Å². The first-order valence-electron chi connectivity index (χ1n) is 14.0. The molecule has 1 aliphatic heterocycles. The molecule has 6 heteroatoms. The zero-order valence-corrected chi connectivity index (χ0v) is 24.6. The van der Waals surface area contributed by atoms with Crippen molar-refractivity contribution in [2.24, 2.45) is 10.9 Å². The number of allylic oxidation sites excluding steroid dienone is 2. The third kappa shape index (κ3) is 6.00. The van der Waals surface area contributed by atoms with E-state index in [2.05, 4.69) is 66.9 Å². The number of nitrogens with zero attached hydrogens (tertiary/aromatic N) is 1. The Balaban J connectivity index is 1.18. The number of benzene rings is 4. The van der Waals surface area contributed by atoms with Crippen molar-refractivity contribution in [3.05, 3.63) is 129 Å². The second-order valence-electron chi connectivity index (χ2n) is 10.6. The van der Waals surface area contributed by atoms with E-state index in [0.29, 0.717) is 46.6 Å². The van der Waals surface area contributed by atoms with Gasteiger partial charge in [0.2, 0.25) is 0 Å². The minimum atomic E-state index is 0.259. The largest absolute Gasteiger partial charge is 0.490 e. The standard InChI is InChI=1S/C35H32Cl2N2O2/c1-3-40-33-19-24(18-31(37)35(33)41-21-23-6-4-7-26(36)17-23)20-38-27-13-11-25(12-14-27)34-29-9-5-8-28(29)30-16-22(2)10-15-32(30)39-34/h4-8,10-20,28-29,34,39H,3,9,21H2,1-2H3/t28-,29+,34+/m1/s1. The zero-order valence-electron chi connectivity index (χ0n) is 23.1. The van der Waals surface area contributed by atoms with Gasteiger partial charge in [-0.1, -0.05) is 77.3 Å². The molecule has 4 nitrogen and oxygen atoms in total. The van der Waals surface area contributed by atoms with Crippen LogP contribution in [0.3, 0.4) is 0 Å². The normalized spacial score (nSPS) is 19.1. The van der Waals surface area contributed by atoms with Crippen LogP contribution in [-0.4, -0.2) is 12.8 Å². The van der Waals surface area contributed by atoms with Crippen molar-refractivity contribution in [1.82, 2.24) is 0 Å². The highest BCUT2D eigenvalue weighted by Crippen LogP contribution is 2.50. The summed E-state index contributed by atoms with van der Waals surface area (Å²) in [5, 5.41) is 4.95. The summed E-state index contributed by atoms with van der Waals surface area (Å²) < 4.78 is 11.9. The quantitative estimate of drug-likeness (QED) is 0.166. The maximum absolute atomic E-state index is 6.64. The number of nitrogens with one attached hydrogen (secondary N) is 1. The number of halogens is 2. The predicted octanol–water partition coefficient (Wildman–Crippen LogP) is 9.86. The lowest BCUT2D eigenvalue weighted by molar-refractivity contribution is 0.269. The van der Waals surface area contributed by atoms with Crippen molar-refractivity contribution < 1.29 is 9.47 Å². The molecular formula is C35H32Cl2N2O2. The number of hydrogen-bond acceptors (Lipinski definition) is 4. The Morgan fingerprint density at radius 3 is 2.63 bits per heavy atom. The van der Waals surface area contributed by atoms with Crippen molar-refractivity contribution in [1.29, 1.82) is 0 Å². The Hall–Kier alpha value is -3.73. The van der Waals surface area contributed by atoms with Gasteiger partial charge >= 0.3 is 0 Å². The lowest BCUT2D eigenvalue weighted by Gasteiger charge is -2.37. The van der Waals surface area contributed by atoms with Crippen molar-refractivity contribution in [2.45, 2.75) is 38.8 Å². The minimum Gasteiger partial charge on any atom is -0.490 e. The molecule has 1 N–H and O–H groups in total. The van der Waals surface area contributed by atoms with Crippen LogP contribution in [-0.2, 0) is 6.61 Å². The van der Waals surface area contributed by atoms with Gasteiger partial charge in [0.1, 0.15) is 6.61 Å². The first kappa shape index (κ1) is 27.4. The number of rotatable bonds is 8. The fourth-order valence-corrected chi connectivity index (χ4v) is 6.29. The Bertz CT molecular complexity index is 1610. The first-order valence-corrected chi connectivity index (χ1v) is 14.8. The van der Waals surface area contributed by atoms with Gasteiger partial charge in [-0.3, -0.25) is 4.99 Å². The topological polar surface area (TPSA) is 42.8 Å². The minimum absolute atomic E-state index is 0.259. The molecule has 6 rings (SSSR count). The SMILES string of the molecule is CCOc1cc(C=Nc2ccc([C@@H]3Nc4ccc(C)cc4[C@@H]4C=CC[C@@H]43)cc2)cc(Cl)c1OCc1cccc(Cl)c1. The van der Waals surface area contributed by atoms with Crippen molar-refractivity contribution >= 4 is 40.8 Å². The summed E-state index contributed by atoms with van der Waals surface area (Å²) in [6.07, 6.45) is 7.59. The number of anilines is 1. The van der Waals surface area contributed by atoms with Crippen LogP contribution in [0.5, 0.6) is 11.5 Å². The van der Waals surface area contributed by atoms with Crippen LogP contribution in [0, 0.1) is 12.8 Å². The number of fused-ring (bicyclic) bond motifs is 3. The summed E-state index contributed by atoms with van der Waals surface area (Å²) in [4.78, 5) is 4.72. The molecule has 0 saturated heterocycles. The summed E-state index contributed by atoms with van der Waals surface area (Å²) in [5.41, 5.74) is 7.88. The molecule has 208 valence electrons. The summed E-state index contributed by atoms with van der Waals surface area (Å²) >= 11 is 12.8. The molecule has 0 amide bonds. The summed E-state index contributed by atoms with van der Waals surface area (Å²) in [6, 6.07) is 26.8. The average molecular weight is 584 g/mol. The van der Waals surface area contributed by atoms with E-state index in [-0.39, 0.29) is 6.04 Å². The van der Waals surface area contributed by atoms with Crippen LogP contribution in [0.1, 0.15) is 53.1 Å². The van der Waals surface area contributed by atoms with Gasteiger partial charge in [0, 0.05) is 22.8 Å². The molecule has 3 atom stereocenters. The zero-order chi connectivity index (χ0) is 28.3. The van der Waals surface area contributed by atoms with E-state index in [9.17, 15) is 0 Å². The predicted molar refractivity (Wildman–Crippen MR) is 170 cm³/mol. The van der Waals surface area contributed by atoms with E-state index in [4.69, 9.17) is 37.7 Å². The van der Waals surface area contributed by atoms with Gasteiger partial charge in [-0.05, 0) is 90.9 Å². The molecule has 0 spiro atoms. The maximum Gasteiger partial charge on any atom is 0.180 e. The van der Waals surface area contributed by atoms with Gasteiger partial charge in [-0.2, -0.15) is 0 Å². The van der Waals surface area contributed by atoms with E-state index in [1.54, 1.807) is 6.21 Å². The molecule has 0 aromatic heterocycles. The lowest BCUT2D eigenvalue weighted by atomic mass is 9.76. The van der Waals surface area contributed by atoms with Gasteiger partial charge in [0.15, 0.2) is 11.5 Å². The average Bonchev–Trinajstić information content (AvgIpc) is 3.46. The summed E-state index contributed by atoms with van der Waals surface area (Å²) in [5.74, 6) is 2.05. The third-order valence-electron chi connectivity index (χ3n) is 7.74. The highest BCUT2D eigenvalue weighted by Gasteiger charge is 2.37. The van der Waals surface area contributed by atoms with E-state index in [1.807, 2.05) is 43.3 Å². The molecular weight excluding hydrogens is 551 g/mol. The third-order valence-corrected chi connectivity index (χ3v) is 8.25. The Kier molecular flexibility index (Phi) is 8.04. The summed E-state index contributed by atoms with van der Waals surface area (Å²) in [7, 11) is 0. The van der Waals surface area contributed by atoms with Crippen molar-refractivity contribution in [3.63, 3.8) is 0 Å². The van der Waals surface area contributed by atoms with E-state index < -0.39 is 0 Å². The smallest absolute Gasteiger partial charge is 0.180 e. The monoisotopic (exact) mass is 582 g/mol. The number of aliphatic imine (C=N–C) groups is 1. The Morgan fingerprint density at radius 2 is 1.83 bits per heavy atom. The molecule has 1 heterocycles. The molecule has 41 heavy (non-hydrogen) atoms. The maximum atomic E-state index is 6.64. The molecule has 4 aromatic carbocycles. The van der Waals surface area contributed by atoms with Crippen LogP contribution in [0.4, 0.5) is 11.4 Å². The molecule has 0 radical (unpaired) electrons. The second-order valence-corrected chi connectivity index (χ2v) is 11.4. The van der Waals surface area contributed by atoms with Crippen LogP contribution < -0.4 is 14.8 Å². The van der Waals surface area contributed by atoms with Gasteiger partial charge < -0.3 is 14.8 Å². The lowest BCUT2D eigenvalue weighted by Crippen LogP contribution is -2.29. The van der Waals surface area contributed by atoms with Crippen molar-refractivity contribution in [3.8, 4) is 11.5 Å². The molecule has 1 aliphatic carbocycles. The molecule has 0 fully saturated rings. The van der Waals surface area contributed by atoms with E-state index in [1.165, 1.54) is 22.4 Å². The fraction of sp³-hybridized carbons (Fsp3) is 0.229. The molecule has 2 aliphatic rings. The fourth-order valence-electron chi connectivity index (χ4n) is 5.81. The summed E-state index contributed by atoms with van der Waals surface area (Å²) in [6.45, 7) is 4.92. The molecule has 0 bridgehead atoms. The van der Waals surface area contributed by atoms with Crippen LogP contribution in [0.15, 0.2) is 96.0 Å². The van der Waals surface area contributed by atoms with E-state index >= 15 is 0 Å². The Labute approximate surface area is 251 Å². The van der Waals surface area contributed by atoms with Gasteiger partial charge in [-0.25, -0.2) is 0 Å². The van der Waals surface area contributed by atoms with Crippen LogP contribution in [0.2, 0.25) is 10.0 Å². The van der Waals surface area contributed by atoms with Gasteiger partial charge in [0.25, 0.3) is 0 Å². The highest BCUT2D eigenvalue weighted by atomic mass is 35.5. The van der Waals surface area contributed by atoms with Crippen LogP contribution in [0.25, 0.3) is 0 Å². The van der Waals surface area contributed by atoms with E-state index in [0.717, 1.165) is 23.2 Å². The second kappa shape index (κ2) is 12.0. The first-order chi connectivity index (χ1) is 20.0. The highest BCUT2D eigenvalue weighted by molar-refractivity contribution is 6.32. The molecule has 4 aromatic rings. The number of aryl methyl sites for hydroxylation is 1. The van der Waals surface area contributed by atoms with Gasteiger partial charge in [0.05, 0.1) is 23.4 Å².